The van der Waals surface area contributed by atoms with Crippen molar-refractivity contribution in [2.24, 2.45) is 5.92 Å². The second kappa shape index (κ2) is 6.43. The van der Waals surface area contributed by atoms with Crippen molar-refractivity contribution in [2.75, 3.05) is 19.6 Å². The molecule has 1 aliphatic carbocycles. The molecule has 1 aromatic heterocycles. The summed E-state index contributed by atoms with van der Waals surface area (Å²) in [5.41, 5.74) is 1.25. The number of nitrogens with zero attached hydrogens (tertiary/aromatic N) is 1. The van der Waals surface area contributed by atoms with E-state index in [1.165, 1.54) is 15.3 Å². The Balaban J connectivity index is 1.43. The highest BCUT2D eigenvalue weighted by Gasteiger charge is 2.45. The molecule has 0 spiro atoms. The molecule has 1 aromatic rings. The van der Waals surface area contributed by atoms with Crippen LogP contribution in [0.25, 0.3) is 0 Å². The Kier molecular flexibility index (Phi) is 4.69. The molecule has 3 rings (SSSR count). The number of thiophene rings is 1. The Hall–Kier alpha value is -1.08. The van der Waals surface area contributed by atoms with Gasteiger partial charge in [-0.05, 0) is 43.2 Å². The van der Waals surface area contributed by atoms with Gasteiger partial charge in [0, 0.05) is 35.8 Å². The van der Waals surface area contributed by atoms with Gasteiger partial charge in [-0.25, -0.2) is 0 Å². The van der Waals surface area contributed by atoms with Crippen LogP contribution >= 0.6 is 11.3 Å². The monoisotopic (exact) mass is 346 g/mol. The molecule has 7 heteroatoms. The summed E-state index contributed by atoms with van der Waals surface area (Å²) in [6.07, 6.45) is -2.07. The molecule has 2 fully saturated rings. The Labute approximate surface area is 137 Å². The number of halogens is 3. The second-order valence-corrected chi connectivity index (χ2v) is 7.54. The first-order valence-electron chi connectivity index (χ1n) is 7.97. The summed E-state index contributed by atoms with van der Waals surface area (Å²) in [6, 6.07) is 2.08. The number of hydrogen-bond donors (Lipinski definition) is 1. The number of alkyl halides is 3. The van der Waals surface area contributed by atoms with Crippen molar-refractivity contribution in [3.05, 3.63) is 21.9 Å². The molecule has 1 saturated carbocycles. The summed E-state index contributed by atoms with van der Waals surface area (Å²) in [4.78, 5) is 15.0. The molecule has 0 unspecified atom stereocenters. The van der Waals surface area contributed by atoms with E-state index in [2.05, 4.69) is 18.3 Å². The number of likely N-dealkylation sites (tertiary alicyclic amines) is 1. The largest absolute Gasteiger partial charge is 0.401 e. The smallest absolute Gasteiger partial charge is 0.353 e. The van der Waals surface area contributed by atoms with Crippen LogP contribution in [-0.2, 0) is 4.79 Å². The van der Waals surface area contributed by atoms with E-state index in [-0.39, 0.29) is 17.9 Å². The normalized spacial score (nSPS) is 26.3. The maximum atomic E-state index is 12.4. The lowest BCUT2D eigenvalue weighted by atomic mass is 10.0. The molecule has 128 valence electrons. The average Bonchev–Trinajstić information content (AvgIpc) is 3.14. The van der Waals surface area contributed by atoms with Crippen molar-refractivity contribution in [1.29, 1.82) is 0 Å². The van der Waals surface area contributed by atoms with E-state index >= 15 is 0 Å². The molecule has 1 aliphatic heterocycles. The minimum Gasteiger partial charge on any atom is -0.353 e. The molecule has 0 bridgehead atoms. The Morgan fingerprint density at radius 1 is 1.39 bits per heavy atom. The highest BCUT2D eigenvalue weighted by molar-refractivity contribution is 7.10. The van der Waals surface area contributed by atoms with E-state index in [9.17, 15) is 18.0 Å². The van der Waals surface area contributed by atoms with Crippen molar-refractivity contribution in [1.82, 2.24) is 10.2 Å². The predicted molar refractivity (Wildman–Crippen MR) is 83.6 cm³/mol. The van der Waals surface area contributed by atoms with Crippen molar-refractivity contribution < 1.29 is 18.0 Å². The molecule has 1 amide bonds. The van der Waals surface area contributed by atoms with Gasteiger partial charge in [-0.2, -0.15) is 13.2 Å². The number of piperidine rings is 1. The maximum Gasteiger partial charge on any atom is 0.401 e. The minimum atomic E-state index is -4.14. The zero-order valence-corrected chi connectivity index (χ0v) is 13.8. The lowest BCUT2D eigenvalue weighted by Crippen LogP contribution is -2.47. The van der Waals surface area contributed by atoms with Gasteiger partial charge in [0.1, 0.15) is 0 Å². The zero-order chi connectivity index (χ0) is 16.6. The molecule has 2 heterocycles. The van der Waals surface area contributed by atoms with E-state index in [0.29, 0.717) is 31.8 Å². The third kappa shape index (κ3) is 4.26. The number of amides is 1. The van der Waals surface area contributed by atoms with Crippen LogP contribution in [0.2, 0.25) is 0 Å². The third-order valence-electron chi connectivity index (χ3n) is 4.70. The predicted octanol–water partition coefficient (Wildman–Crippen LogP) is 3.30. The van der Waals surface area contributed by atoms with Crippen molar-refractivity contribution in [3.63, 3.8) is 0 Å². The van der Waals surface area contributed by atoms with E-state index in [1.807, 2.05) is 5.38 Å². The van der Waals surface area contributed by atoms with Gasteiger partial charge >= 0.3 is 6.18 Å². The first-order chi connectivity index (χ1) is 10.8. The Bertz CT molecular complexity index is 564. The fourth-order valence-electron chi connectivity index (χ4n) is 3.34. The molecule has 1 N–H and O–H groups in total. The topological polar surface area (TPSA) is 32.3 Å². The molecule has 0 radical (unpaired) electrons. The highest BCUT2D eigenvalue weighted by atomic mass is 32.1. The minimum absolute atomic E-state index is 0.0117. The molecule has 2 aliphatic rings. The summed E-state index contributed by atoms with van der Waals surface area (Å²) in [5.74, 6) is 0.443. The van der Waals surface area contributed by atoms with Gasteiger partial charge in [-0.1, -0.05) is 0 Å². The molecule has 3 nitrogen and oxygen atoms in total. The SMILES string of the molecule is Cc1ccsc1[C@H]1C[C@H]1C(=O)NC1CCN(CC(F)(F)F)CC1. The number of aryl methyl sites for hydroxylation is 1. The van der Waals surface area contributed by atoms with E-state index in [4.69, 9.17) is 0 Å². The van der Waals surface area contributed by atoms with Gasteiger partial charge in [0.05, 0.1) is 6.54 Å². The first kappa shape index (κ1) is 16.8. The van der Waals surface area contributed by atoms with Crippen LogP contribution in [0.15, 0.2) is 11.4 Å². The Morgan fingerprint density at radius 3 is 2.65 bits per heavy atom. The number of carbonyl (C=O) groups excluding carboxylic acids is 1. The van der Waals surface area contributed by atoms with Crippen molar-refractivity contribution >= 4 is 17.2 Å². The number of nitrogens with one attached hydrogen (secondary N) is 1. The summed E-state index contributed by atoms with van der Waals surface area (Å²) in [6.45, 7) is 2.00. The van der Waals surface area contributed by atoms with Crippen molar-refractivity contribution in [2.45, 2.75) is 44.3 Å². The van der Waals surface area contributed by atoms with Crippen LogP contribution in [0.1, 0.15) is 35.6 Å². The molecule has 0 aromatic carbocycles. The van der Waals surface area contributed by atoms with Crippen LogP contribution in [0, 0.1) is 12.8 Å². The van der Waals surface area contributed by atoms with Gasteiger partial charge in [-0.3, -0.25) is 9.69 Å². The number of carbonyl (C=O) groups is 1. The van der Waals surface area contributed by atoms with Gasteiger partial charge < -0.3 is 5.32 Å². The fraction of sp³-hybridized carbons (Fsp3) is 0.688. The molecular weight excluding hydrogens is 325 g/mol. The van der Waals surface area contributed by atoms with E-state index in [0.717, 1.165) is 6.42 Å². The van der Waals surface area contributed by atoms with Gasteiger partial charge in [0.2, 0.25) is 5.91 Å². The van der Waals surface area contributed by atoms with Gasteiger partial charge in [-0.15, -0.1) is 11.3 Å². The first-order valence-corrected chi connectivity index (χ1v) is 8.85. The molecule has 2 atom stereocenters. The van der Waals surface area contributed by atoms with Gasteiger partial charge in [0.25, 0.3) is 0 Å². The quantitative estimate of drug-likeness (QED) is 0.907. The zero-order valence-electron chi connectivity index (χ0n) is 13.0. The standard InChI is InChI=1S/C16H21F3N2OS/c1-10-4-7-23-14(10)12-8-13(12)15(22)20-11-2-5-21(6-3-11)9-16(17,18)19/h4,7,11-13H,2-3,5-6,8-9H2,1H3,(H,20,22)/t12-,13+/m0/s1. The summed E-state index contributed by atoms with van der Waals surface area (Å²) >= 11 is 1.70. The fourth-order valence-corrected chi connectivity index (χ4v) is 4.44. The van der Waals surface area contributed by atoms with E-state index < -0.39 is 12.7 Å². The van der Waals surface area contributed by atoms with E-state index in [1.54, 1.807) is 11.3 Å². The van der Waals surface area contributed by atoms with Crippen LogP contribution in [0.5, 0.6) is 0 Å². The number of rotatable bonds is 4. The maximum absolute atomic E-state index is 12.4. The molecule has 23 heavy (non-hydrogen) atoms. The third-order valence-corrected chi connectivity index (χ3v) is 5.85. The van der Waals surface area contributed by atoms with Crippen LogP contribution in [0.3, 0.4) is 0 Å². The molecule has 1 saturated heterocycles. The summed E-state index contributed by atoms with van der Waals surface area (Å²) < 4.78 is 37.1. The van der Waals surface area contributed by atoms with Crippen LogP contribution < -0.4 is 5.32 Å². The molecular formula is C16H21F3N2OS. The summed E-state index contributed by atoms with van der Waals surface area (Å²) in [7, 11) is 0. The highest BCUT2D eigenvalue weighted by Crippen LogP contribution is 2.50. The Morgan fingerprint density at radius 2 is 2.09 bits per heavy atom. The second-order valence-electron chi connectivity index (χ2n) is 6.59. The number of hydrogen-bond acceptors (Lipinski definition) is 3. The van der Waals surface area contributed by atoms with Crippen LogP contribution in [-0.4, -0.2) is 42.7 Å². The lowest BCUT2D eigenvalue weighted by Gasteiger charge is -2.32. The lowest BCUT2D eigenvalue weighted by molar-refractivity contribution is -0.148. The van der Waals surface area contributed by atoms with Crippen molar-refractivity contribution in [3.8, 4) is 0 Å². The summed E-state index contributed by atoms with van der Waals surface area (Å²) in [5, 5.41) is 5.08. The van der Waals surface area contributed by atoms with Gasteiger partial charge in [0.15, 0.2) is 0 Å². The van der Waals surface area contributed by atoms with Crippen LogP contribution in [0.4, 0.5) is 13.2 Å². The average molecular weight is 346 g/mol.